The number of halogens is 1. The second kappa shape index (κ2) is 8.90. The maximum absolute atomic E-state index is 12.1. The molecule has 7 heteroatoms. The standard InChI is InChI=1S/C18H30ClNO5/c1-6-17(7-2)11-14(10-15(21)22)12-18(8-3,9-4)20(17)25-16(23)24-13(5)19/h10,13H,6-9,11-12H2,1-5H3,(H,21,22). The molecule has 1 heterocycles. The fourth-order valence-corrected chi connectivity index (χ4v) is 3.90. The van der Waals surface area contributed by atoms with E-state index in [-0.39, 0.29) is 0 Å². The average molecular weight is 376 g/mol. The molecule has 1 aliphatic heterocycles. The first-order valence-electron chi connectivity index (χ1n) is 8.94. The van der Waals surface area contributed by atoms with Crippen molar-refractivity contribution in [2.75, 3.05) is 0 Å². The molecule has 0 aliphatic carbocycles. The number of rotatable bonds is 7. The molecule has 0 spiro atoms. The molecule has 144 valence electrons. The summed E-state index contributed by atoms with van der Waals surface area (Å²) in [6.45, 7) is 9.64. The van der Waals surface area contributed by atoms with Crippen molar-refractivity contribution in [3.63, 3.8) is 0 Å². The highest BCUT2D eigenvalue weighted by atomic mass is 35.5. The van der Waals surface area contributed by atoms with Crippen LogP contribution in [0.5, 0.6) is 0 Å². The fourth-order valence-electron chi connectivity index (χ4n) is 3.83. The number of aliphatic carboxylic acids is 1. The molecule has 1 fully saturated rings. The Bertz CT molecular complexity index is 486. The van der Waals surface area contributed by atoms with Crippen LogP contribution in [-0.4, -0.2) is 38.9 Å². The van der Waals surface area contributed by atoms with E-state index in [1.165, 1.54) is 6.08 Å². The lowest BCUT2D eigenvalue weighted by Crippen LogP contribution is -2.63. The molecule has 0 bridgehead atoms. The summed E-state index contributed by atoms with van der Waals surface area (Å²) in [7, 11) is 0. The molecule has 0 aromatic carbocycles. The third-order valence-corrected chi connectivity index (χ3v) is 5.45. The quantitative estimate of drug-likeness (QED) is 0.389. The molecule has 1 saturated heterocycles. The minimum absolute atomic E-state index is 0.472. The fraction of sp³-hybridized carbons (Fsp3) is 0.778. The van der Waals surface area contributed by atoms with Gasteiger partial charge >= 0.3 is 12.1 Å². The van der Waals surface area contributed by atoms with Crippen LogP contribution in [0.15, 0.2) is 11.6 Å². The first-order chi connectivity index (χ1) is 11.7. The zero-order valence-electron chi connectivity index (χ0n) is 15.8. The van der Waals surface area contributed by atoms with Crippen molar-refractivity contribution in [3.05, 3.63) is 11.6 Å². The topological polar surface area (TPSA) is 76.1 Å². The van der Waals surface area contributed by atoms with Gasteiger partial charge in [0.15, 0.2) is 5.56 Å². The van der Waals surface area contributed by atoms with E-state index in [1.807, 2.05) is 27.7 Å². The van der Waals surface area contributed by atoms with Gasteiger partial charge in [0.05, 0.1) is 11.1 Å². The highest BCUT2D eigenvalue weighted by Crippen LogP contribution is 2.48. The predicted octanol–water partition coefficient (Wildman–Crippen LogP) is 4.86. The van der Waals surface area contributed by atoms with Gasteiger partial charge < -0.3 is 14.7 Å². The summed E-state index contributed by atoms with van der Waals surface area (Å²) in [5, 5.41) is 11.0. The summed E-state index contributed by atoms with van der Waals surface area (Å²) >= 11 is 5.73. The van der Waals surface area contributed by atoms with Crippen molar-refractivity contribution < 1.29 is 24.3 Å². The van der Waals surface area contributed by atoms with E-state index >= 15 is 0 Å². The van der Waals surface area contributed by atoms with Crippen LogP contribution in [0.25, 0.3) is 0 Å². The summed E-state index contributed by atoms with van der Waals surface area (Å²) < 4.78 is 4.96. The van der Waals surface area contributed by atoms with E-state index < -0.39 is 28.8 Å². The van der Waals surface area contributed by atoms with Crippen molar-refractivity contribution in [1.82, 2.24) is 5.06 Å². The Morgan fingerprint density at radius 1 is 1.16 bits per heavy atom. The van der Waals surface area contributed by atoms with Gasteiger partial charge in [-0.2, -0.15) is 0 Å². The number of carbonyl (C=O) groups excluding carboxylic acids is 1. The molecule has 1 aliphatic rings. The molecule has 0 aromatic rings. The second-order valence-electron chi connectivity index (χ2n) is 6.65. The molecule has 0 radical (unpaired) electrons. The van der Waals surface area contributed by atoms with Crippen LogP contribution in [-0.2, 0) is 14.4 Å². The van der Waals surface area contributed by atoms with E-state index in [2.05, 4.69) is 0 Å². The molecule has 1 N–H and O–H groups in total. The molecule has 0 amide bonds. The third kappa shape index (κ3) is 4.88. The molecular weight excluding hydrogens is 346 g/mol. The van der Waals surface area contributed by atoms with Gasteiger partial charge in [-0.05, 0) is 45.4 Å². The number of carbonyl (C=O) groups is 2. The minimum Gasteiger partial charge on any atom is -0.478 e. The second-order valence-corrected chi connectivity index (χ2v) is 7.27. The van der Waals surface area contributed by atoms with Crippen molar-refractivity contribution >= 4 is 23.7 Å². The molecule has 6 nitrogen and oxygen atoms in total. The van der Waals surface area contributed by atoms with Crippen LogP contribution in [0.4, 0.5) is 4.79 Å². The summed E-state index contributed by atoms with van der Waals surface area (Å²) in [5.41, 5.74) is -0.853. The van der Waals surface area contributed by atoms with Crippen molar-refractivity contribution in [2.24, 2.45) is 0 Å². The molecule has 1 atom stereocenters. The first-order valence-corrected chi connectivity index (χ1v) is 9.37. The Hall–Kier alpha value is -1.27. The van der Waals surface area contributed by atoms with E-state index in [1.54, 1.807) is 12.0 Å². The van der Waals surface area contributed by atoms with Crippen LogP contribution in [0.3, 0.4) is 0 Å². The molecular formula is C18H30ClNO5. The number of alkyl halides is 1. The van der Waals surface area contributed by atoms with E-state index in [0.717, 1.165) is 5.57 Å². The van der Waals surface area contributed by atoms with E-state index in [9.17, 15) is 14.7 Å². The lowest BCUT2D eigenvalue weighted by Gasteiger charge is -2.55. The van der Waals surface area contributed by atoms with E-state index in [4.69, 9.17) is 21.2 Å². The Labute approximate surface area is 155 Å². The van der Waals surface area contributed by atoms with Gasteiger partial charge in [0.1, 0.15) is 0 Å². The SMILES string of the molecule is CCC1(CC)CC(=CC(=O)O)CC(CC)(CC)N1OC(=O)OC(C)Cl. The van der Waals surface area contributed by atoms with Gasteiger partial charge in [-0.25, -0.2) is 9.59 Å². The molecule has 25 heavy (non-hydrogen) atoms. The zero-order chi connectivity index (χ0) is 19.3. The zero-order valence-corrected chi connectivity index (χ0v) is 16.6. The molecule has 0 aromatic heterocycles. The largest absolute Gasteiger partial charge is 0.529 e. The normalized spacial score (nSPS) is 20.6. The lowest BCUT2D eigenvalue weighted by atomic mass is 9.71. The van der Waals surface area contributed by atoms with Crippen LogP contribution in [0, 0.1) is 0 Å². The first kappa shape index (κ1) is 21.8. The number of ether oxygens (including phenoxy) is 1. The number of carboxylic acids is 1. The lowest BCUT2D eigenvalue weighted by molar-refractivity contribution is -0.266. The van der Waals surface area contributed by atoms with Crippen molar-refractivity contribution in [2.45, 2.75) is 89.8 Å². The number of hydrogen-bond acceptors (Lipinski definition) is 5. The maximum atomic E-state index is 12.1. The van der Waals surface area contributed by atoms with Crippen LogP contribution in [0.2, 0.25) is 0 Å². The summed E-state index contributed by atoms with van der Waals surface area (Å²) in [5.74, 6) is -0.943. The maximum Gasteiger partial charge on any atom is 0.529 e. The number of nitrogens with zero attached hydrogens (tertiary/aromatic N) is 1. The Morgan fingerprint density at radius 2 is 1.60 bits per heavy atom. The smallest absolute Gasteiger partial charge is 0.478 e. The molecule has 0 saturated carbocycles. The summed E-state index contributed by atoms with van der Waals surface area (Å²) in [6.07, 6.45) is 4.41. The molecule has 1 unspecified atom stereocenters. The van der Waals surface area contributed by atoms with Gasteiger partial charge in [0.25, 0.3) is 0 Å². The van der Waals surface area contributed by atoms with E-state index in [0.29, 0.717) is 38.5 Å². The van der Waals surface area contributed by atoms with Crippen LogP contribution in [0.1, 0.15) is 73.1 Å². The van der Waals surface area contributed by atoms with Crippen molar-refractivity contribution in [3.8, 4) is 0 Å². The highest BCUT2D eigenvalue weighted by molar-refractivity contribution is 6.19. The van der Waals surface area contributed by atoms with Crippen molar-refractivity contribution in [1.29, 1.82) is 0 Å². The average Bonchev–Trinajstić information content (AvgIpc) is 2.54. The number of piperidine rings is 1. The Kier molecular flexibility index (Phi) is 7.75. The van der Waals surface area contributed by atoms with Crippen LogP contribution >= 0.6 is 11.6 Å². The number of carboxylic acid groups (broad SMARTS) is 1. The number of hydrogen-bond donors (Lipinski definition) is 1. The molecule has 1 rings (SSSR count). The predicted molar refractivity (Wildman–Crippen MR) is 96.3 cm³/mol. The Morgan fingerprint density at radius 3 is 1.92 bits per heavy atom. The van der Waals surface area contributed by atoms with Gasteiger partial charge in [0, 0.05) is 6.08 Å². The number of hydroxylamine groups is 2. The third-order valence-electron chi connectivity index (χ3n) is 5.36. The monoisotopic (exact) mass is 375 g/mol. The summed E-state index contributed by atoms with van der Waals surface area (Å²) in [6, 6.07) is 0. The van der Waals surface area contributed by atoms with Gasteiger partial charge in [0.2, 0.25) is 0 Å². The Balaban J connectivity index is 3.34. The van der Waals surface area contributed by atoms with Gasteiger partial charge in [-0.15, -0.1) is 5.06 Å². The minimum atomic E-state index is -0.943. The van der Waals surface area contributed by atoms with Gasteiger partial charge in [-0.3, -0.25) is 0 Å². The highest BCUT2D eigenvalue weighted by Gasteiger charge is 2.53. The van der Waals surface area contributed by atoms with Crippen LogP contribution < -0.4 is 0 Å². The summed E-state index contributed by atoms with van der Waals surface area (Å²) in [4.78, 5) is 29.0. The van der Waals surface area contributed by atoms with Gasteiger partial charge in [-0.1, -0.05) is 44.9 Å².